The molecule has 12 heteroatoms. The molecule has 41 heavy (non-hydrogen) atoms. The average molecular weight is 582 g/mol. The molecule has 0 unspecified atom stereocenters. The molecule has 1 fully saturated rings. The van der Waals surface area contributed by atoms with Crippen LogP contribution in [0.4, 0.5) is 18.9 Å². The number of para-hydroxylation sites is 1. The molecule has 0 saturated carbocycles. The molecular formula is C29H26F3N5O3S. The van der Waals surface area contributed by atoms with Gasteiger partial charge in [0.2, 0.25) is 5.91 Å². The van der Waals surface area contributed by atoms with Crippen molar-refractivity contribution in [2.45, 2.75) is 32.7 Å². The fraction of sp³-hybridized carbons (Fsp3) is 0.241. The zero-order chi connectivity index (χ0) is 29.1. The van der Waals surface area contributed by atoms with Crippen LogP contribution in [0.15, 0.2) is 76.9 Å². The molecule has 8 nitrogen and oxygen atoms in total. The van der Waals surface area contributed by atoms with Crippen LogP contribution >= 0.6 is 11.8 Å². The van der Waals surface area contributed by atoms with Crippen molar-refractivity contribution in [2.24, 2.45) is 17.3 Å². The third-order valence-corrected chi connectivity index (χ3v) is 7.21. The predicted octanol–water partition coefficient (Wildman–Crippen LogP) is 6.64. The number of anilines is 1. The molecule has 212 valence electrons. The van der Waals surface area contributed by atoms with E-state index in [1.807, 2.05) is 42.5 Å². The summed E-state index contributed by atoms with van der Waals surface area (Å²) >= 11 is 1.35. The van der Waals surface area contributed by atoms with Crippen molar-refractivity contribution in [2.75, 3.05) is 10.7 Å². The Balaban J connectivity index is 1.30. The molecule has 0 bridgehead atoms. The molecular weight excluding hydrogens is 555 g/mol. The fourth-order valence-corrected chi connectivity index (χ4v) is 5.24. The number of amidine groups is 1. The van der Waals surface area contributed by atoms with Crippen molar-refractivity contribution >= 4 is 45.6 Å². The van der Waals surface area contributed by atoms with Crippen LogP contribution in [0, 0.1) is 0 Å². The molecule has 0 radical (unpaired) electrons. The number of halogens is 3. The maximum absolute atomic E-state index is 12.7. The van der Waals surface area contributed by atoms with E-state index in [1.165, 1.54) is 36.0 Å². The Morgan fingerprint density at radius 3 is 2.54 bits per heavy atom. The number of fused-ring (bicyclic) bond motifs is 1. The first kappa shape index (κ1) is 28.2. The number of carbonyl (C=O) groups is 1. The summed E-state index contributed by atoms with van der Waals surface area (Å²) in [6, 6.07) is 18.7. The summed E-state index contributed by atoms with van der Waals surface area (Å²) < 4.78 is 48.4. The second-order valence-corrected chi connectivity index (χ2v) is 10.5. The van der Waals surface area contributed by atoms with Crippen molar-refractivity contribution < 1.29 is 27.4 Å². The van der Waals surface area contributed by atoms with E-state index in [2.05, 4.69) is 33.9 Å². The van der Waals surface area contributed by atoms with Crippen LogP contribution in [0.25, 0.3) is 10.9 Å². The highest BCUT2D eigenvalue weighted by atomic mass is 32.2. The minimum atomic E-state index is -4.75. The number of thioether (sulfide) groups is 1. The molecule has 4 aromatic rings. The Kier molecular flexibility index (Phi) is 8.02. The van der Waals surface area contributed by atoms with Gasteiger partial charge in [-0.25, -0.2) is 0 Å². The number of amides is 1. The second kappa shape index (κ2) is 11.7. The monoisotopic (exact) mass is 581 g/mol. The lowest BCUT2D eigenvalue weighted by molar-refractivity contribution is -0.274. The molecule has 3 aromatic carbocycles. The molecule has 0 N–H and O–H groups in total. The number of benzene rings is 3. The Bertz CT molecular complexity index is 1630. The van der Waals surface area contributed by atoms with Gasteiger partial charge in [0.1, 0.15) is 23.8 Å². The Hall–Kier alpha value is -4.32. The lowest BCUT2D eigenvalue weighted by atomic mass is 10.0. The van der Waals surface area contributed by atoms with Crippen molar-refractivity contribution in [1.29, 1.82) is 0 Å². The Morgan fingerprint density at radius 1 is 1.07 bits per heavy atom. The minimum Gasteiger partial charge on any atom is -0.487 e. The van der Waals surface area contributed by atoms with Crippen LogP contribution in [0.5, 0.6) is 11.5 Å². The SMILES string of the molecule is CC(C)c1ccccc1N1C(=O)CS/C1=N\N=C\c1ccc2c(COc3ccc(OC(F)(F)F)cc3)nn(C)c2c1. The molecule has 0 aliphatic carbocycles. The van der Waals surface area contributed by atoms with Gasteiger partial charge in [-0.2, -0.15) is 10.2 Å². The van der Waals surface area contributed by atoms with Gasteiger partial charge in [-0.05, 0) is 53.4 Å². The smallest absolute Gasteiger partial charge is 0.487 e. The number of nitrogens with zero attached hydrogens (tertiary/aromatic N) is 5. The summed E-state index contributed by atoms with van der Waals surface area (Å²) in [6.45, 7) is 4.29. The van der Waals surface area contributed by atoms with Gasteiger partial charge in [-0.1, -0.05) is 55.9 Å². The highest BCUT2D eigenvalue weighted by Gasteiger charge is 2.32. The number of alkyl halides is 3. The zero-order valence-electron chi connectivity index (χ0n) is 22.4. The van der Waals surface area contributed by atoms with Gasteiger partial charge in [-0.15, -0.1) is 18.3 Å². The van der Waals surface area contributed by atoms with Gasteiger partial charge in [0.05, 0.1) is 23.2 Å². The van der Waals surface area contributed by atoms with E-state index in [4.69, 9.17) is 4.74 Å². The van der Waals surface area contributed by atoms with E-state index < -0.39 is 6.36 Å². The molecule has 1 saturated heterocycles. The van der Waals surface area contributed by atoms with E-state index in [-0.39, 0.29) is 24.2 Å². The van der Waals surface area contributed by atoms with Crippen LogP contribution in [0.2, 0.25) is 0 Å². The van der Waals surface area contributed by atoms with Gasteiger partial charge in [0, 0.05) is 12.4 Å². The molecule has 5 rings (SSSR count). The maximum atomic E-state index is 12.7. The summed E-state index contributed by atoms with van der Waals surface area (Å²) in [6.07, 6.45) is -3.13. The van der Waals surface area contributed by atoms with Gasteiger partial charge < -0.3 is 9.47 Å². The number of aryl methyl sites for hydroxylation is 1. The van der Waals surface area contributed by atoms with Gasteiger partial charge >= 0.3 is 6.36 Å². The van der Waals surface area contributed by atoms with E-state index in [0.717, 1.165) is 27.7 Å². The van der Waals surface area contributed by atoms with Crippen molar-refractivity contribution in [3.05, 3.63) is 83.6 Å². The van der Waals surface area contributed by atoms with Crippen LogP contribution in [0.3, 0.4) is 0 Å². The standard InChI is InChI=1S/C29H26F3N5O3S/c1-18(2)22-6-4-5-7-25(22)37-27(38)17-41-28(37)34-33-15-19-8-13-23-24(35-36(3)26(23)14-19)16-39-20-9-11-21(12-10-20)40-29(30,31)32/h4-15,18H,16-17H2,1-3H3/b33-15+,34-28-. The quantitative estimate of drug-likeness (QED) is 0.172. The normalized spacial score (nSPS) is 15.1. The first-order valence-corrected chi connectivity index (χ1v) is 13.7. The fourth-order valence-electron chi connectivity index (χ4n) is 4.42. The summed E-state index contributed by atoms with van der Waals surface area (Å²) in [7, 11) is 1.81. The van der Waals surface area contributed by atoms with Crippen LogP contribution in [-0.2, 0) is 18.4 Å². The van der Waals surface area contributed by atoms with E-state index in [9.17, 15) is 18.0 Å². The highest BCUT2D eigenvalue weighted by Crippen LogP contribution is 2.33. The largest absolute Gasteiger partial charge is 0.573 e. The number of hydrogen-bond acceptors (Lipinski definition) is 7. The van der Waals surface area contributed by atoms with Crippen LogP contribution < -0.4 is 14.4 Å². The third kappa shape index (κ3) is 6.54. The van der Waals surface area contributed by atoms with Gasteiger partial charge in [-0.3, -0.25) is 14.4 Å². The summed E-state index contributed by atoms with van der Waals surface area (Å²) in [5.74, 6) is 0.577. The first-order chi connectivity index (χ1) is 19.6. The van der Waals surface area contributed by atoms with E-state index in [1.54, 1.807) is 22.8 Å². The van der Waals surface area contributed by atoms with E-state index in [0.29, 0.717) is 22.4 Å². The summed E-state index contributed by atoms with van der Waals surface area (Å²) in [5.41, 5.74) is 4.19. The van der Waals surface area contributed by atoms with Crippen molar-refractivity contribution in [3.63, 3.8) is 0 Å². The predicted molar refractivity (Wildman–Crippen MR) is 154 cm³/mol. The van der Waals surface area contributed by atoms with Crippen molar-refractivity contribution in [1.82, 2.24) is 9.78 Å². The number of aromatic nitrogens is 2. The molecule has 1 aromatic heterocycles. The third-order valence-electron chi connectivity index (χ3n) is 6.30. The average Bonchev–Trinajstić information content (AvgIpc) is 3.45. The van der Waals surface area contributed by atoms with Crippen LogP contribution in [0.1, 0.15) is 36.6 Å². The number of hydrogen-bond donors (Lipinski definition) is 0. The molecule has 0 spiro atoms. The lowest BCUT2D eigenvalue weighted by Crippen LogP contribution is -2.30. The van der Waals surface area contributed by atoms with Gasteiger partial charge in [0.15, 0.2) is 5.17 Å². The van der Waals surface area contributed by atoms with E-state index >= 15 is 0 Å². The highest BCUT2D eigenvalue weighted by molar-refractivity contribution is 8.15. The number of rotatable bonds is 8. The number of carbonyl (C=O) groups excluding carboxylic acids is 1. The first-order valence-electron chi connectivity index (χ1n) is 12.7. The van der Waals surface area contributed by atoms with Gasteiger partial charge in [0.25, 0.3) is 0 Å². The lowest BCUT2D eigenvalue weighted by Gasteiger charge is -2.20. The molecule has 1 amide bonds. The minimum absolute atomic E-state index is 0.0336. The second-order valence-electron chi connectivity index (χ2n) is 9.51. The molecule has 1 aliphatic rings. The topological polar surface area (TPSA) is 81.3 Å². The molecule has 2 heterocycles. The van der Waals surface area contributed by atoms with Crippen LogP contribution in [-0.4, -0.2) is 39.2 Å². The molecule has 1 aliphatic heterocycles. The van der Waals surface area contributed by atoms with Crippen molar-refractivity contribution in [3.8, 4) is 11.5 Å². The maximum Gasteiger partial charge on any atom is 0.573 e. The molecule has 0 atom stereocenters. The Morgan fingerprint density at radius 2 is 1.80 bits per heavy atom. The Labute approximate surface area is 238 Å². The zero-order valence-corrected chi connectivity index (χ0v) is 23.2. The summed E-state index contributed by atoms with van der Waals surface area (Å²) in [4.78, 5) is 14.3. The number of ether oxygens (including phenoxy) is 2. The summed E-state index contributed by atoms with van der Waals surface area (Å²) in [5, 5.41) is 14.6.